The van der Waals surface area contributed by atoms with Gasteiger partial charge in [0.25, 0.3) is 0 Å². The fraction of sp³-hybridized carbons (Fsp3) is 0.500. The quantitative estimate of drug-likeness (QED) is 0.741. The average molecular weight is 224 g/mol. The molecule has 1 fully saturated rings. The molecule has 2 rings (SSSR count). The largest absolute Gasteiger partial charge is 0.397 e. The predicted molar refractivity (Wildman–Crippen MR) is 63.2 cm³/mol. The minimum atomic E-state index is -0.248. The fourth-order valence-electron chi connectivity index (χ4n) is 1.99. The lowest BCUT2D eigenvalue weighted by molar-refractivity contribution is 0.0533. The third kappa shape index (κ3) is 2.11. The summed E-state index contributed by atoms with van der Waals surface area (Å²) >= 11 is 0. The van der Waals surface area contributed by atoms with Gasteiger partial charge < -0.3 is 15.4 Å². The van der Waals surface area contributed by atoms with E-state index in [1.54, 1.807) is 6.92 Å². The Balaban J connectivity index is 2.29. The first-order valence-electron chi connectivity index (χ1n) is 5.50. The van der Waals surface area contributed by atoms with Gasteiger partial charge in [-0.15, -0.1) is 0 Å². The molecule has 0 spiro atoms. The van der Waals surface area contributed by atoms with Crippen LogP contribution in [0.25, 0.3) is 0 Å². The van der Waals surface area contributed by atoms with Gasteiger partial charge in [0.2, 0.25) is 0 Å². The van der Waals surface area contributed by atoms with E-state index in [2.05, 4.69) is 4.90 Å². The number of nitrogen functional groups attached to an aromatic ring is 1. The van der Waals surface area contributed by atoms with E-state index in [0.717, 1.165) is 18.8 Å². The Bertz CT molecular complexity index is 395. The Kier molecular flexibility index (Phi) is 3.01. The SMILES string of the molecule is Cc1cc(N2CCOC(C)C2)c(N)cc1F. The molecule has 1 aromatic carbocycles. The van der Waals surface area contributed by atoms with E-state index >= 15 is 0 Å². The summed E-state index contributed by atoms with van der Waals surface area (Å²) in [7, 11) is 0. The summed E-state index contributed by atoms with van der Waals surface area (Å²) in [5.41, 5.74) is 7.88. The van der Waals surface area contributed by atoms with Gasteiger partial charge in [-0.3, -0.25) is 0 Å². The molecule has 4 heteroatoms. The first kappa shape index (κ1) is 11.2. The fourth-order valence-corrected chi connectivity index (χ4v) is 1.99. The van der Waals surface area contributed by atoms with Crippen molar-refractivity contribution in [1.82, 2.24) is 0 Å². The molecule has 0 bridgehead atoms. The van der Waals surface area contributed by atoms with Crippen LogP contribution in [0, 0.1) is 12.7 Å². The molecule has 1 aliphatic heterocycles. The Labute approximate surface area is 95.0 Å². The molecule has 0 aliphatic carbocycles. The highest BCUT2D eigenvalue weighted by molar-refractivity contribution is 5.69. The van der Waals surface area contributed by atoms with Crippen LogP contribution in [0.15, 0.2) is 12.1 Å². The standard InChI is InChI=1S/C12H17FN2O/c1-8-5-12(11(14)6-10(8)13)15-3-4-16-9(2)7-15/h5-6,9H,3-4,7,14H2,1-2H3. The molecule has 1 saturated heterocycles. The third-order valence-electron chi connectivity index (χ3n) is 2.89. The highest BCUT2D eigenvalue weighted by Crippen LogP contribution is 2.27. The van der Waals surface area contributed by atoms with Crippen LogP contribution in [0.3, 0.4) is 0 Å². The zero-order valence-corrected chi connectivity index (χ0v) is 9.66. The van der Waals surface area contributed by atoms with Crippen molar-refractivity contribution in [1.29, 1.82) is 0 Å². The number of benzene rings is 1. The Hall–Kier alpha value is -1.29. The molecule has 1 aromatic rings. The number of ether oxygens (including phenoxy) is 1. The highest BCUT2D eigenvalue weighted by atomic mass is 19.1. The van der Waals surface area contributed by atoms with Crippen LogP contribution in [0.4, 0.5) is 15.8 Å². The lowest BCUT2D eigenvalue weighted by Crippen LogP contribution is -2.41. The number of halogens is 1. The van der Waals surface area contributed by atoms with Crippen LogP contribution in [0.5, 0.6) is 0 Å². The Morgan fingerprint density at radius 1 is 1.50 bits per heavy atom. The molecule has 1 aliphatic rings. The zero-order chi connectivity index (χ0) is 11.7. The number of nitrogens with zero attached hydrogens (tertiary/aromatic N) is 1. The van der Waals surface area contributed by atoms with Crippen molar-refractivity contribution < 1.29 is 9.13 Å². The molecule has 88 valence electrons. The first-order valence-corrected chi connectivity index (χ1v) is 5.50. The summed E-state index contributed by atoms with van der Waals surface area (Å²) in [4.78, 5) is 2.15. The predicted octanol–water partition coefficient (Wildman–Crippen LogP) is 1.94. The smallest absolute Gasteiger partial charge is 0.128 e. The number of morpholine rings is 1. The molecule has 1 atom stereocenters. The second kappa shape index (κ2) is 4.29. The number of rotatable bonds is 1. The summed E-state index contributed by atoms with van der Waals surface area (Å²) in [5.74, 6) is -0.248. The van der Waals surface area contributed by atoms with E-state index in [-0.39, 0.29) is 11.9 Å². The summed E-state index contributed by atoms with van der Waals surface area (Å²) < 4.78 is 18.7. The van der Waals surface area contributed by atoms with Crippen LogP contribution in [0.2, 0.25) is 0 Å². The molecular formula is C12H17FN2O. The van der Waals surface area contributed by atoms with Crippen LogP contribution in [0.1, 0.15) is 12.5 Å². The van der Waals surface area contributed by atoms with Crippen LogP contribution < -0.4 is 10.6 Å². The van der Waals surface area contributed by atoms with Gasteiger partial charge in [0.15, 0.2) is 0 Å². The third-order valence-corrected chi connectivity index (χ3v) is 2.89. The Morgan fingerprint density at radius 2 is 2.25 bits per heavy atom. The summed E-state index contributed by atoms with van der Waals surface area (Å²) in [5, 5.41) is 0. The van der Waals surface area contributed by atoms with Gasteiger partial charge in [-0.05, 0) is 31.5 Å². The molecule has 0 amide bonds. The minimum absolute atomic E-state index is 0.193. The van der Waals surface area contributed by atoms with Gasteiger partial charge >= 0.3 is 0 Å². The number of nitrogens with two attached hydrogens (primary N) is 1. The zero-order valence-electron chi connectivity index (χ0n) is 9.66. The van der Waals surface area contributed by atoms with Gasteiger partial charge in [-0.25, -0.2) is 4.39 Å². The van der Waals surface area contributed by atoms with Crippen molar-refractivity contribution >= 4 is 11.4 Å². The summed E-state index contributed by atoms with van der Waals surface area (Å²) in [6.07, 6.45) is 0.193. The van der Waals surface area contributed by atoms with Crippen molar-refractivity contribution in [2.75, 3.05) is 30.3 Å². The van der Waals surface area contributed by atoms with Gasteiger partial charge in [0.05, 0.1) is 24.1 Å². The molecule has 2 N–H and O–H groups in total. The molecule has 1 heterocycles. The topological polar surface area (TPSA) is 38.5 Å². The maximum Gasteiger partial charge on any atom is 0.128 e. The maximum absolute atomic E-state index is 13.3. The van der Waals surface area contributed by atoms with E-state index in [4.69, 9.17) is 10.5 Å². The van der Waals surface area contributed by atoms with Crippen LogP contribution >= 0.6 is 0 Å². The minimum Gasteiger partial charge on any atom is -0.397 e. The monoisotopic (exact) mass is 224 g/mol. The van der Waals surface area contributed by atoms with Crippen molar-refractivity contribution in [2.45, 2.75) is 20.0 Å². The number of anilines is 2. The molecular weight excluding hydrogens is 207 g/mol. The lowest BCUT2D eigenvalue weighted by Gasteiger charge is -2.33. The average Bonchev–Trinajstić information content (AvgIpc) is 2.23. The van der Waals surface area contributed by atoms with Crippen LogP contribution in [-0.2, 0) is 4.74 Å². The van der Waals surface area contributed by atoms with E-state index in [1.807, 2.05) is 13.0 Å². The maximum atomic E-state index is 13.3. The van der Waals surface area contributed by atoms with E-state index in [9.17, 15) is 4.39 Å². The number of hydrogen-bond acceptors (Lipinski definition) is 3. The highest BCUT2D eigenvalue weighted by Gasteiger charge is 2.19. The number of aryl methyl sites for hydroxylation is 1. The molecule has 0 saturated carbocycles. The first-order chi connectivity index (χ1) is 7.58. The van der Waals surface area contributed by atoms with E-state index in [0.29, 0.717) is 17.9 Å². The van der Waals surface area contributed by atoms with Gasteiger partial charge in [-0.2, -0.15) is 0 Å². The molecule has 0 radical (unpaired) electrons. The van der Waals surface area contributed by atoms with Crippen LogP contribution in [-0.4, -0.2) is 25.8 Å². The summed E-state index contributed by atoms with van der Waals surface area (Å²) in [6, 6.07) is 3.20. The van der Waals surface area contributed by atoms with Gasteiger partial charge in [-0.1, -0.05) is 0 Å². The van der Waals surface area contributed by atoms with Crippen molar-refractivity contribution in [3.63, 3.8) is 0 Å². The van der Waals surface area contributed by atoms with Gasteiger partial charge in [0, 0.05) is 13.1 Å². The number of hydrogen-bond donors (Lipinski definition) is 1. The van der Waals surface area contributed by atoms with E-state index in [1.165, 1.54) is 6.07 Å². The summed E-state index contributed by atoms with van der Waals surface area (Å²) in [6.45, 7) is 6.08. The second-order valence-corrected chi connectivity index (χ2v) is 4.29. The molecule has 16 heavy (non-hydrogen) atoms. The van der Waals surface area contributed by atoms with Crippen molar-refractivity contribution in [3.05, 3.63) is 23.5 Å². The molecule has 0 aromatic heterocycles. The van der Waals surface area contributed by atoms with E-state index < -0.39 is 0 Å². The van der Waals surface area contributed by atoms with Gasteiger partial charge in [0.1, 0.15) is 5.82 Å². The Morgan fingerprint density at radius 3 is 2.94 bits per heavy atom. The van der Waals surface area contributed by atoms with Crippen molar-refractivity contribution in [3.8, 4) is 0 Å². The lowest BCUT2D eigenvalue weighted by atomic mass is 10.1. The normalized spacial score (nSPS) is 21.2. The molecule has 1 unspecified atom stereocenters. The molecule has 3 nitrogen and oxygen atoms in total. The van der Waals surface area contributed by atoms with Crippen molar-refractivity contribution in [2.24, 2.45) is 0 Å². The second-order valence-electron chi connectivity index (χ2n) is 4.29.